The van der Waals surface area contributed by atoms with Gasteiger partial charge in [0, 0.05) is 6.92 Å². The second kappa shape index (κ2) is 11.3. The first-order chi connectivity index (χ1) is 14.9. The third kappa shape index (κ3) is 7.30. The van der Waals surface area contributed by atoms with Crippen LogP contribution in [0.15, 0.2) is 41.6 Å². The Morgan fingerprint density at radius 1 is 1.09 bits per heavy atom. The number of carbonyl (C=O) groups is 4. The molecule has 0 saturated carbocycles. The number of nitrogens with zero attached hydrogens (tertiary/aromatic N) is 1. The Balaban J connectivity index is 2.19. The molecule has 1 aromatic rings. The number of likely N-dealkylation sites (tertiary alicyclic amines) is 1. The van der Waals surface area contributed by atoms with E-state index in [0.29, 0.717) is 17.3 Å². The minimum absolute atomic E-state index is 0.00327. The zero-order chi connectivity index (χ0) is 24.1. The van der Waals surface area contributed by atoms with Crippen molar-refractivity contribution in [2.45, 2.75) is 42.6 Å². The van der Waals surface area contributed by atoms with E-state index in [0.717, 1.165) is 10.5 Å². The summed E-state index contributed by atoms with van der Waals surface area (Å²) in [7, 11) is 0. The van der Waals surface area contributed by atoms with Crippen LogP contribution in [0.1, 0.15) is 26.3 Å². The number of halogens is 3. The normalized spacial score (nSPS) is 17.8. The van der Waals surface area contributed by atoms with E-state index in [2.05, 4.69) is 5.32 Å². The first kappa shape index (κ1) is 26.3. The number of amides is 2. The number of carbonyl (C=O) groups excluding carboxylic acids is 4. The predicted molar refractivity (Wildman–Crippen MR) is 122 cm³/mol. The van der Waals surface area contributed by atoms with E-state index in [9.17, 15) is 19.2 Å². The zero-order valence-electron chi connectivity index (χ0n) is 17.4. The van der Waals surface area contributed by atoms with Gasteiger partial charge in [0.15, 0.2) is 0 Å². The predicted octanol–water partition coefficient (Wildman–Crippen LogP) is 3.94. The molecule has 2 rings (SSSR count). The molecule has 1 aliphatic heterocycles. The maximum atomic E-state index is 12.8. The fourth-order valence-electron chi connectivity index (χ4n) is 2.78. The molecule has 0 radical (unpaired) electrons. The number of benzene rings is 1. The van der Waals surface area contributed by atoms with Gasteiger partial charge in [-0.25, -0.2) is 9.59 Å². The second-order valence-electron chi connectivity index (χ2n) is 6.96. The van der Waals surface area contributed by atoms with E-state index < -0.39 is 44.9 Å². The maximum Gasteiger partial charge on any atom is 0.369 e. The lowest BCUT2D eigenvalue weighted by Crippen LogP contribution is -2.69. The van der Waals surface area contributed by atoms with Crippen molar-refractivity contribution in [2.24, 2.45) is 0 Å². The summed E-state index contributed by atoms with van der Waals surface area (Å²) in [4.78, 5) is 50.4. The highest BCUT2D eigenvalue weighted by molar-refractivity contribution is 8.13. The number of hydrogen-bond donors (Lipinski definition) is 1. The summed E-state index contributed by atoms with van der Waals surface area (Å²) in [6.07, 6.45) is 0. The number of allylic oxidation sites excluding steroid dienone is 1. The molecular weight excluding hydrogens is 503 g/mol. The number of hydrogen-bond acceptors (Lipinski definition) is 7. The smallest absolute Gasteiger partial charge is 0.369 e. The Morgan fingerprint density at radius 3 is 2.25 bits per heavy atom. The molecule has 0 spiro atoms. The maximum absolute atomic E-state index is 12.8. The van der Waals surface area contributed by atoms with Crippen LogP contribution in [0.3, 0.4) is 0 Å². The topological polar surface area (TPSA) is 102 Å². The Labute approximate surface area is 204 Å². The van der Waals surface area contributed by atoms with Crippen LogP contribution in [-0.4, -0.2) is 49.8 Å². The first-order valence-electron chi connectivity index (χ1n) is 9.29. The molecule has 0 bridgehead atoms. The molecule has 0 aliphatic carbocycles. The molecule has 2 unspecified atom stereocenters. The average molecular weight is 524 g/mol. The largest absolute Gasteiger partial charge is 0.456 e. The van der Waals surface area contributed by atoms with Crippen LogP contribution in [0.4, 0.5) is 4.79 Å². The van der Waals surface area contributed by atoms with Crippen LogP contribution in [0, 0.1) is 0 Å². The van der Waals surface area contributed by atoms with Crippen LogP contribution in [0.2, 0.25) is 0 Å². The molecule has 1 saturated heterocycles. The number of β-lactam (4-membered cyclic amide) rings is 1. The molecule has 1 aliphatic rings. The molecule has 1 N–H and O–H groups in total. The molecule has 1 heterocycles. The van der Waals surface area contributed by atoms with Crippen LogP contribution < -0.4 is 5.32 Å². The monoisotopic (exact) mass is 522 g/mol. The van der Waals surface area contributed by atoms with E-state index in [-0.39, 0.29) is 12.3 Å². The van der Waals surface area contributed by atoms with Crippen LogP contribution >= 0.6 is 46.6 Å². The molecule has 32 heavy (non-hydrogen) atoms. The third-order valence-electron chi connectivity index (χ3n) is 4.09. The van der Waals surface area contributed by atoms with Crippen molar-refractivity contribution in [2.75, 3.05) is 6.61 Å². The highest BCUT2D eigenvalue weighted by Crippen LogP contribution is 2.37. The van der Waals surface area contributed by atoms with Gasteiger partial charge in [-0.05, 0) is 36.7 Å². The summed E-state index contributed by atoms with van der Waals surface area (Å²) >= 11 is 17.3. The van der Waals surface area contributed by atoms with Crippen molar-refractivity contribution in [3.8, 4) is 0 Å². The van der Waals surface area contributed by atoms with Crippen molar-refractivity contribution >= 4 is 69.6 Å². The molecule has 8 nitrogen and oxygen atoms in total. The minimum Gasteiger partial charge on any atom is -0.456 e. The molecule has 0 aromatic heterocycles. The van der Waals surface area contributed by atoms with E-state index in [1.54, 1.807) is 38.1 Å². The van der Waals surface area contributed by atoms with Gasteiger partial charge < -0.3 is 14.8 Å². The number of thioether (sulfide) groups is 1. The lowest BCUT2D eigenvalue weighted by Gasteiger charge is -2.46. The molecule has 1 fully saturated rings. The number of ether oxygens (including phenoxy) is 2. The van der Waals surface area contributed by atoms with Crippen molar-refractivity contribution < 1.29 is 28.7 Å². The highest BCUT2D eigenvalue weighted by Gasteiger charge is 2.53. The Bertz CT molecular complexity index is 916. The van der Waals surface area contributed by atoms with Crippen LogP contribution in [0.25, 0.3) is 0 Å². The Kier molecular flexibility index (Phi) is 9.27. The Morgan fingerprint density at radius 2 is 1.72 bits per heavy atom. The minimum atomic E-state index is -1.81. The van der Waals surface area contributed by atoms with Crippen LogP contribution in [-0.2, 0) is 30.5 Å². The number of rotatable bonds is 7. The van der Waals surface area contributed by atoms with Gasteiger partial charge in [0.2, 0.25) is 9.70 Å². The van der Waals surface area contributed by atoms with Gasteiger partial charge in [-0.2, -0.15) is 0 Å². The molecule has 12 heteroatoms. The molecular formula is C20H21Cl3N2O6S. The fourth-order valence-corrected chi connectivity index (χ4v) is 3.91. The summed E-state index contributed by atoms with van der Waals surface area (Å²) in [5.41, 5.74) is 1.22. The van der Waals surface area contributed by atoms with E-state index in [4.69, 9.17) is 44.3 Å². The van der Waals surface area contributed by atoms with Gasteiger partial charge in [0.25, 0.3) is 5.91 Å². The van der Waals surface area contributed by atoms with Gasteiger partial charge in [-0.15, -0.1) is 0 Å². The van der Waals surface area contributed by atoms with Crippen LogP contribution in [0.5, 0.6) is 0 Å². The van der Waals surface area contributed by atoms with Crippen molar-refractivity contribution in [3.63, 3.8) is 0 Å². The SMILES string of the molecule is CC(=O)NC1C(=O)N(C(C(=O)OCc2ccccc2)=C(C)C)C1SC(=O)OCC(Cl)(Cl)Cl. The third-order valence-corrected chi connectivity index (χ3v) is 5.46. The zero-order valence-corrected chi connectivity index (χ0v) is 20.5. The standard InChI is InChI=1S/C20H21Cl3N2O6S/c1-11(2)15(18(28)30-9-13-7-5-4-6-8-13)25-16(27)14(24-12(3)26)17(25)32-19(29)31-10-20(21,22)23/h4-8,14,17H,9-10H2,1-3H3,(H,24,26). The van der Waals surface area contributed by atoms with Gasteiger partial charge in [-0.1, -0.05) is 65.1 Å². The molecule has 1 aromatic carbocycles. The van der Waals surface area contributed by atoms with E-state index in [1.165, 1.54) is 6.92 Å². The van der Waals surface area contributed by atoms with E-state index in [1.807, 2.05) is 6.07 Å². The highest BCUT2D eigenvalue weighted by atomic mass is 35.6. The summed E-state index contributed by atoms with van der Waals surface area (Å²) in [5, 5.41) is 0.663. The van der Waals surface area contributed by atoms with Gasteiger partial charge in [0.1, 0.15) is 30.3 Å². The van der Waals surface area contributed by atoms with Crippen molar-refractivity contribution in [1.82, 2.24) is 10.2 Å². The number of alkyl halides is 3. The summed E-state index contributed by atoms with van der Waals surface area (Å²) < 4.78 is 8.45. The summed E-state index contributed by atoms with van der Waals surface area (Å²) in [6, 6.07) is 7.97. The fraction of sp³-hybridized carbons (Fsp3) is 0.400. The van der Waals surface area contributed by atoms with Gasteiger partial charge in [-0.3, -0.25) is 14.5 Å². The number of nitrogens with one attached hydrogen (secondary N) is 1. The Hall–Kier alpha value is -1.94. The number of esters is 1. The summed E-state index contributed by atoms with van der Waals surface area (Å²) in [6.45, 7) is 3.97. The van der Waals surface area contributed by atoms with Gasteiger partial charge in [0.05, 0.1) is 0 Å². The van der Waals surface area contributed by atoms with E-state index >= 15 is 0 Å². The van der Waals surface area contributed by atoms with Gasteiger partial charge >= 0.3 is 11.3 Å². The molecule has 2 amide bonds. The first-order valence-corrected chi connectivity index (χ1v) is 11.3. The molecule has 2 atom stereocenters. The quantitative estimate of drug-likeness (QED) is 0.250. The summed E-state index contributed by atoms with van der Waals surface area (Å²) in [5.74, 6) is -1.79. The lowest BCUT2D eigenvalue weighted by atomic mass is 10.0. The van der Waals surface area contributed by atoms with Crippen molar-refractivity contribution in [1.29, 1.82) is 0 Å². The average Bonchev–Trinajstić information content (AvgIpc) is 2.71. The second-order valence-corrected chi connectivity index (χ2v) is 10.5. The lowest BCUT2D eigenvalue weighted by molar-refractivity contribution is -0.153. The molecule has 174 valence electrons. The van der Waals surface area contributed by atoms with Crippen molar-refractivity contribution in [3.05, 3.63) is 47.2 Å².